The average molecular weight is 290 g/mol. The molecule has 1 aromatic rings. The Bertz CT molecular complexity index is 395. The average Bonchev–Trinajstić information content (AvgIpc) is 2.21. The van der Waals surface area contributed by atoms with E-state index in [1.165, 1.54) is 6.07 Å². The van der Waals surface area contributed by atoms with Gasteiger partial charge < -0.3 is 9.47 Å². The fourth-order valence-electron chi connectivity index (χ4n) is 1.24. The number of benzene rings is 1. The first-order chi connectivity index (χ1) is 7.60. The van der Waals surface area contributed by atoms with Gasteiger partial charge in [-0.15, -0.1) is 0 Å². The Balaban J connectivity index is 3.28. The van der Waals surface area contributed by atoms with Gasteiger partial charge >= 0.3 is 5.69 Å². The van der Waals surface area contributed by atoms with Crippen LogP contribution < -0.4 is 9.47 Å². The van der Waals surface area contributed by atoms with Crippen LogP contribution in [0.1, 0.15) is 13.8 Å². The minimum atomic E-state index is -0.488. The first kappa shape index (κ1) is 12.8. The maximum absolute atomic E-state index is 10.9. The highest BCUT2D eigenvalue weighted by Crippen LogP contribution is 2.39. The third-order valence-electron chi connectivity index (χ3n) is 1.79. The van der Waals surface area contributed by atoms with E-state index in [2.05, 4.69) is 15.9 Å². The number of halogens is 1. The molecule has 5 nitrogen and oxygen atoms in total. The van der Waals surface area contributed by atoms with Crippen LogP contribution in [0.15, 0.2) is 16.6 Å². The van der Waals surface area contributed by atoms with E-state index in [0.717, 1.165) is 0 Å². The first-order valence-electron chi connectivity index (χ1n) is 4.83. The molecule has 0 aromatic heterocycles. The monoisotopic (exact) mass is 289 g/mol. The molecular weight excluding hydrogens is 278 g/mol. The third kappa shape index (κ3) is 2.85. The predicted octanol–water partition coefficient (Wildman–Crippen LogP) is 3.15. The summed E-state index contributed by atoms with van der Waals surface area (Å²) in [6.07, 6.45) is 0. The van der Waals surface area contributed by atoms with Crippen molar-refractivity contribution in [3.63, 3.8) is 0 Å². The van der Waals surface area contributed by atoms with Crippen molar-refractivity contribution < 1.29 is 14.4 Å². The van der Waals surface area contributed by atoms with E-state index in [-0.39, 0.29) is 11.4 Å². The van der Waals surface area contributed by atoms with Crippen molar-refractivity contribution in [1.29, 1.82) is 0 Å². The summed E-state index contributed by atoms with van der Waals surface area (Å²) < 4.78 is 11.1. The van der Waals surface area contributed by atoms with Gasteiger partial charge in [0.1, 0.15) is 0 Å². The van der Waals surface area contributed by atoms with Crippen LogP contribution in [0.3, 0.4) is 0 Å². The van der Waals surface area contributed by atoms with Crippen LogP contribution in [0.4, 0.5) is 5.69 Å². The summed E-state index contributed by atoms with van der Waals surface area (Å²) in [7, 11) is 0. The molecule has 0 bridgehead atoms. The van der Waals surface area contributed by atoms with Gasteiger partial charge in [0.05, 0.1) is 18.1 Å². The number of hydrogen-bond acceptors (Lipinski definition) is 4. The Labute approximate surface area is 102 Å². The van der Waals surface area contributed by atoms with E-state index in [0.29, 0.717) is 23.4 Å². The Hall–Kier alpha value is -1.30. The topological polar surface area (TPSA) is 61.6 Å². The molecule has 16 heavy (non-hydrogen) atoms. The molecule has 0 aliphatic heterocycles. The van der Waals surface area contributed by atoms with E-state index < -0.39 is 4.92 Å². The number of nitrogens with zero attached hydrogens (tertiary/aromatic N) is 1. The summed E-state index contributed by atoms with van der Waals surface area (Å²) in [6.45, 7) is 4.35. The van der Waals surface area contributed by atoms with Crippen LogP contribution in [0.2, 0.25) is 0 Å². The molecular formula is C10H12BrNO4. The van der Waals surface area contributed by atoms with Crippen LogP contribution in [-0.4, -0.2) is 18.1 Å². The van der Waals surface area contributed by atoms with Crippen LogP contribution >= 0.6 is 15.9 Å². The van der Waals surface area contributed by atoms with Crippen LogP contribution in [0.25, 0.3) is 0 Å². The van der Waals surface area contributed by atoms with Crippen molar-refractivity contribution in [2.24, 2.45) is 0 Å². The highest BCUT2D eigenvalue weighted by Gasteiger charge is 2.21. The lowest BCUT2D eigenvalue weighted by molar-refractivity contribution is -0.386. The zero-order chi connectivity index (χ0) is 12.1. The molecule has 0 aliphatic carbocycles. The Kier molecular flexibility index (Phi) is 4.54. The highest BCUT2D eigenvalue weighted by molar-refractivity contribution is 9.10. The Morgan fingerprint density at radius 1 is 1.31 bits per heavy atom. The number of nitro groups is 1. The van der Waals surface area contributed by atoms with Crippen molar-refractivity contribution in [3.05, 3.63) is 26.7 Å². The van der Waals surface area contributed by atoms with Crippen molar-refractivity contribution >= 4 is 21.6 Å². The largest absolute Gasteiger partial charge is 0.490 e. The van der Waals surface area contributed by atoms with E-state index in [1.54, 1.807) is 13.0 Å². The first-order valence-corrected chi connectivity index (χ1v) is 5.63. The second kappa shape index (κ2) is 5.69. The highest BCUT2D eigenvalue weighted by atomic mass is 79.9. The standard InChI is InChI=1S/C10H12BrNO4/c1-3-15-9-6-7(11)5-8(12(13)14)10(9)16-4-2/h5-6H,3-4H2,1-2H3. The van der Waals surface area contributed by atoms with Gasteiger partial charge in [-0.25, -0.2) is 0 Å². The summed E-state index contributed by atoms with van der Waals surface area (Å²) >= 11 is 3.20. The predicted molar refractivity (Wildman–Crippen MR) is 63.1 cm³/mol. The third-order valence-corrected chi connectivity index (χ3v) is 2.24. The number of hydrogen-bond donors (Lipinski definition) is 0. The van der Waals surface area contributed by atoms with Gasteiger partial charge in [0.2, 0.25) is 5.75 Å². The van der Waals surface area contributed by atoms with Crippen LogP contribution in [-0.2, 0) is 0 Å². The quantitative estimate of drug-likeness (QED) is 0.617. The second-order valence-corrected chi connectivity index (χ2v) is 3.79. The van der Waals surface area contributed by atoms with E-state index in [1.807, 2.05) is 6.92 Å². The molecule has 0 radical (unpaired) electrons. The van der Waals surface area contributed by atoms with Crippen molar-refractivity contribution in [2.45, 2.75) is 13.8 Å². The summed E-state index contributed by atoms with van der Waals surface area (Å²) in [5.74, 6) is 0.558. The lowest BCUT2D eigenvalue weighted by atomic mass is 10.2. The number of ether oxygens (including phenoxy) is 2. The van der Waals surface area contributed by atoms with E-state index in [9.17, 15) is 10.1 Å². The van der Waals surface area contributed by atoms with Gasteiger partial charge in [-0.05, 0) is 19.9 Å². The minimum absolute atomic E-state index is 0.0975. The molecule has 0 heterocycles. The molecule has 6 heteroatoms. The number of rotatable bonds is 5. The second-order valence-electron chi connectivity index (χ2n) is 2.88. The van der Waals surface area contributed by atoms with Gasteiger partial charge in [-0.2, -0.15) is 0 Å². The fraction of sp³-hybridized carbons (Fsp3) is 0.400. The van der Waals surface area contributed by atoms with Crippen LogP contribution in [0.5, 0.6) is 11.5 Å². The zero-order valence-corrected chi connectivity index (χ0v) is 10.6. The van der Waals surface area contributed by atoms with Gasteiger partial charge in [-0.1, -0.05) is 15.9 Å². The van der Waals surface area contributed by atoms with Crippen molar-refractivity contribution in [2.75, 3.05) is 13.2 Å². The molecule has 0 saturated carbocycles. The molecule has 0 atom stereocenters. The van der Waals surface area contributed by atoms with Crippen molar-refractivity contribution in [1.82, 2.24) is 0 Å². The van der Waals surface area contributed by atoms with Gasteiger partial charge in [0.25, 0.3) is 0 Å². The number of nitro benzene ring substituents is 1. The smallest absolute Gasteiger partial charge is 0.316 e. The molecule has 0 amide bonds. The van der Waals surface area contributed by atoms with Gasteiger partial charge in [-0.3, -0.25) is 10.1 Å². The molecule has 0 aliphatic rings. The minimum Gasteiger partial charge on any atom is -0.490 e. The summed E-state index contributed by atoms with van der Waals surface area (Å²) in [5.41, 5.74) is -0.0975. The Morgan fingerprint density at radius 2 is 1.94 bits per heavy atom. The molecule has 0 saturated heterocycles. The molecule has 0 N–H and O–H groups in total. The molecule has 0 spiro atoms. The van der Waals surface area contributed by atoms with Gasteiger partial charge in [0, 0.05) is 10.5 Å². The zero-order valence-electron chi connectivity index (χ0n) is 9.03. The molecule has 88 valence electrons. The molecule has 0 unspecified atom stereocenters. The van der Waals surface area contributed by atoms with Gasteiger partial charge in [0.15, 0.2) is 5.75 Å². The normalized spacial score (nSPS) is 9.94. The lowest BCUT2D eigenvalue weighted by Crippen LogP contribution is -2.02. The lowest BCUT2D eigenvalue weighted by Gasteiger charge is -2.11. The fourth-order valence-corrected chi connectivity index (χ4v) is 1.67. The summed E-state index contributed by atoms with van der Waals surface area (Å²) in [6, 6.07) is 3.05. The molecule has 0 fully saturated rings. The maximum atomic E-state index is 10.9. The van der Waals surface area contributed by atoms with E-state index in [4.69, 9.17) is 9.47 Å². The Morgan fingerprint density at radius 3 is 2.44 bits per heavy atom. The molecule has 1 rings (SSSR count). The SMILES string of the molecule is CCOc1cc(Br)cc([N+](=O)[O-])c1OCC. The van der Waals surface area contributed by atoms with Crippen LogP contribution in [0, 0.1) is 10.1 Å². The van der Waals surface area contributed by atoms with Crippen molar-refractivity contribution in [3.8, 4) is 11.5 Å². The summed E-state index contributed by atoms with van der Waals surface area (Å²) in [4.78, 5) is 10.4. The maximum Gasteiger partial charge on any atom is 0.316 e. The summed E-state index contributed by atoms with van der Waals surface area (Å²) in [5, 5.41) is 10.9. The van der Waals surface area contributed by atoms with E-state index >= 15 is 0 Å². The molecule has 1 aromatic carbocycles.